The van der Waals surface area contributed by atoms with Crippen LogP contribution in [-0.2, 0) is 4.74 Å². The molecule has 1 N–H and O–H groups in total. The molecule has 2 rings (SSSR count). The highest BCUT2D eigenvalue weighted by Crippen LogP contribution is 2.22. The molecular formula is C12H16FNO. The van der Waals surface area contributed by atoms with Crippen LogP contribution < -0.4 is 5.32 Å². The highest BCUT2D eigenvalue weighted by Gasteiger charge is 2.24. The monoisotopic (exact) mass is 209 g/mol. The first-order valence-electron chi connectivity index (χ1n) is 5.31. The summed E-state index contributed by atoms with van der Waals surface area (Å²) < 4.78 is 18.3. The summed E-state index contributed by atoms with van der Waals surface area (Å²) in [6.07, 6.45) is 1.24. The molecule has 1 aliphatic heterocycles. The van der Waals surface area contributed by atoms with E-state index in [2.05, 4.69) is 12.2 Å². The SMILES string of the molecule is Cc1cc(F)ccc1N[C@H]1CCO[C@@H]1C. The Hall–Kier alpha value is -1.09. The third kappa shape index (κ3) is 2.29. The molecule has 1 aromatic rings. The third-order valence-corrected chi connectivity index (χ3v) is 2.91. The predicted octanol–water partition coefficient (Wildman–Crippen LogP) is 2.72. The molecule has 0 saturated carbocycles. The second-order valence-electron chi connectivity index (χ2n) is 4.07. The zero-order valence-electron chi connectivity index (χ0n) is 9.09. The summed E-state index contributed by atoms with van der Waals surface area (Å²) in [6.45, 7) is 4.77. The Bertz CT molecular complexity index is 353. The Morgan fingerprint density at radius 3 is 2.87 bits per heavy atom. The molecule has 1 saturated heterocycles. The molecule has 1 heterocycles. The minimum Gasteiger partial charge on any atom is -0.379 e. The highest BCUT2D eigenvalue weighted by molar-refractivity contribution is 5.51. The van der Waals surface area contributed by atoms with Gasteiger partial charge in [-0.05, 0) is 44.0 Å². The van der Waals surface area contributed by atoms with Gasteiger partial charge in [-0.3, -0.25) is 0 Å². The Labute approximate surface area is 89.4 Å². The minimum atomic E-state index is -0.186. The van der Waals surface area contributed by atoms with Gasteiger partial charge in [0.2, 0.25) is 0 Å². The molecule has 0 aliphatic carbocycles. The van der Waals surface area contributed by atoms with Crippen LogP contribution in [0.15, 0.2) is 18.2 Å². The average Bonchev–Trinajstić information content (AvgIpc) is 2.57. The van der Waals surface area contributed by atoms with Crippen molar-refractivity contribution in [1.29, 1.82) is 0 Å². The van der Waals surface area contributed by atoms with Crippen LogP contribution in [0.1, 0.15) is 18.9 Å². The van der Waals surface area contributed by atoms with Crippen LogP contribution in [0.4, 0.5) is 10.1 Å². The van der Waals surface area contributed by atoms with Gasteiger partial charge in [-0.25, -0.2) is 4.39 Å². The van der Waals surface area contributed by atoms with Crippen molar-refractivity contribution in [2.45, 2.75) is 32.4 Å². The number of rotatable bonds is 2. The molecule has 0 spiro atoms. The van der Waals surface area contributed by atoms with Crippen molar-refractivity contribution in [2.24, 2.45) is 0 Å². The number of hydrogen-bond acceptors (Lipinski definition) is 2. The maximum Gasteiger partial charge on any atom is 0.123 e. The predicted molar refractivity (Wildman–Crippen MR) is 58.6 cm³/mol. The number of ether oxygens (including phenoxy) is 1. The van der Waals surface area contributed by atoms with Gasteiger partial charge in [0.1, 0.15) is 5.82 Å². The molecule has 0 bridgehead atoms. The zero-order valence-corrected chi connectivity index (χ0v) is 9.09. The lowest BCUT2D eigenvalue weighted by molar-refractivity contribution is 0.121. The molecule has 3 heteroatoms. The van der Waals surface area contributed by atoms with E-state index in [1.807, 2.05) is 6.92 Å². The van der Waals surface area contributed by atoms with Crippen LogP contribution in [0.25, 0.3) is 0 Å². The average molecular weight is 209 g/mol. The molecule has 0 aromatic heterocycles. The van der Waals surface area contributed by atoms with Crippen molar-refractivity contribution in [1.82, 2.24) is 0 Å². The Morgan fingerprint density at radius 2 is 2.27 bits per heavy atom. The second kappa shape index (κ2) is 4.19. The number of aryl methyl sites for hydroxylation is 1. The first-order chi connectivity index (χ1) is 7.16. The summed E-state index contributed by atoms with van der Waals surface area (Å²) in [7, 11) is 0. The van der Waals surface area contributed by atoms with Crippen molar-refractivity contribution in [3.8, 4) is 0 Å². The molecule has 0 radical (unpaired) electrons. The van der Waals surface area contributed by atoms with Gasteiger partial charge in [-0.2, -0.15) is 0 Å². The third-order valence-electron chi connectivity index (χ3n) is 2.91. The fourth-order valence-electron chi connectivity index (χ4n) is 1.91. The molecular weight excluding hydrogens is 193 g/mol. The van der Waals surface area contributed by atoms with Crippen molar-refractivity contribution in [2.75, 3.05) is 11.9 Å². The Kier molecular flexibility index (Phi) is 2.91. The van der Waals surface area contributed by atoms with Crippen LogP contribution in [0.3, 0.4) is 0 Å². The van der Waals surface area contributed by atoms with Gasteiger partial charge >= 0.3 is 0 Å². The number of benzene rings is 1. The van der Waals surface area contributed by atoms with Gasteiger partial charge in [0, 0.05) is 12.3 Å². The lowest BCUT2D eigenvalue weighted by atomic mass is 10.1. The topological polar surface area (TPSA) is 21.3 Å². The van der Waals surface area contributed by atoms with E-state index in [1.54, 1.807) is 12.1 Å². The molecule has 1 aliphatic rings. The van der Waals surface area contributed by atoms with Gasteiger partial charge < -0.3 is 10.1 Å². The first kappa shape index (κ1) is 10.4. The lowest BCUT2D eigenvalue weighted by Gasteiger charge is -2.18. The minimum absolute atomic E-state index is 0.186. The van der Waals surface area contributed by atoms with Crippen molar-refractivity contribution >= 4 is 5.69 Å². The van der Waals surface area contributed by atoms with Crippen LogP contribution >= 0.6 is 0 Å². The summed E-state index contributed by atoms with van der Waals surface area (Å²) in [6, 6.07) is 5.16. The van der Waals surface area contributed by atoms with E-state index in [0.29, 0.717) is 6.04 Å². The standard InChI is InChI=1S/C12H16FNO/c1-8-7-10(13)3-4-11(8)14-12-5-6-15-9(12)2/h3-4,7,9,12,14H,5-6H2,1-2H3/t9-,12+/m1/s1. The van der Waals surface area contributed by atoms with Crippen molar-refractivity contribution in [3.63, 3.8) is 0 Å². The first-order valence-corrected chi connectivity index (χ1v) is 5.31. The molecule has 1 fully saturated rings. The summed E-state index contributed by atoms with van der Waals surface area (Å²) in [5, 5.41) is 3.39. The van der Waals surface area contributed by atoms with E-state index in [0.717, 1.165) is 24.3 Å². The van der Waals surface area contributed by atoms with Gasteiger partial charge in [-0.15, -0.1) is 0 Å². The normalized spacial score (nSPS) is 25.5. The number of nitrogens with one attached hydrogen (secondary N) is 1. The fourth-order valence-corrected chi connectivity index (χ4v) is 1.91. The summed E-state index contributed by atoms with van der Waals surface area (Å²) in [5.74, 6) is -0.186. The van der Waals surface area contributed by atoms with E-state index in [4.69, 9.17) is 4.74 Å². The van der Waals surface area contributed by atoms with Gasteiger partial charge in [0.15, 0.2) is 0 Å². The largest absolute Gasteiger partial charge is 0.379 e. The Morgan fingerprint density at radius 1 is 1.47 bits per heavy atom. The van der Waals surface area contributed by atoms with E-state index in [1.165, 1.54) is 6.07 Å². The Balaban J connectivity index is 2.10. The second-order valence-corrected chi connectivity index (χ2v) is 4.07. The summed E-state index contributed by atoms with van der Waals surface area (Å²) >= 11 is 0. The maximum atomic E-state index is 12.9. The van der Waals surface area contributed by atoms with Gasteiger partial charge in [-0.1, -0.05) is 0 Å². The molecule has 1 aromatic carbocycles. The van der Waals surface area contributed by atoms with Gasteiger partial charge in [0.05, 0.1) is 12.1 Å². The van der Waals surface area contributed by atoms with Gasteiger partial charge in [0.25, 0.3) is 0 Å². The molecule has 0 unspecified atom stereocenters. The fraction of sp³-hybridized carbons (Fsp3) is 0.500. The van der Waals surface area contributed by atoms with E-state index in [-0.39, 0.29) is 11.9 Å². The zero-order chi connectivity index (χ0) is 10.8. The number of anilines is 1. The molecule has 15 heavy (non-hydrogen) atoms. The van der Waals surface area contributed by atoms with E-state index >= 15 is 0 Å². The van der Waals surface area contributed by atoms with Crippen LogP contribution in [0.2, 0.25) is 0 Å². The van der Waals surface area contributed by atoms with E-state index in [9.17, 15) is 4.39 Å². The maximum absolute atomic E-state index is 12.9. The van der Waals surface area contributed by atoms with Crippen LogP contribution in [-0.4, -0.2) is 18.8 Å². The highest BCUT2D eigenvalue weighted by atomic mass is 19.1. The molecule has 82 valence electrons. The van der Waals surface area contributed by atoms with E-state index < -0.39 is 0 Å². The summed E-state index contributed by atoms with van der Waals surface area (Å²) in [5.41, 5.74) is 1.94. The smallest absolute Gasteiger partial charge is 0.123 e. The lowest BCUT2D eigenvalue weighted by Crippen LogP contribution is -2.26. The molecule has 2 nitrogen and oxygen atoms in total. The molecule has 2 atom stereocenters. The number of hydrogen-bond donors (Lipinski definition) is 1. The van der Waals surface area contributed by atoms with Crippen LogP contribution in [0, 0.1) is 12.7 Å². The number of halogens is 1. The molecule has 0 amide bonds. The summed E-state index contributed by atoms with van der Waals surface area (Å²) in [4.78, 5) is 0. The van der Waals surface area contributed by atoms with Crippen LogP contribution in [0.5, 0.6) is 0 Å². The van der Waals surface area contributed by atoms with Crippen molar-refractivity contribution < 1.29 is 9.13 Å². The van der Waals surface area contributed by atoms with Crippen molar-refractivity contribution in [3.05, 3.63) is 29.6 Å². The quantitative estimate of drug-likeness (QED) is 0.808.